The van der Waals surface area contributed by atoms with Gasteiger partial charge >= 0.3 is 0 Å². The van der Waals surface area contributed by atoms with Gasteiger partial charge in [-0.2, -0.15) is 5.10 Å². The summed E-state index contributed by atoms with van der Waals surface area (Å²) in [6.07, 6.45) is 6.27. The van der Waals surface area contributed by atoms with E-state index in [1.165, 1.54) is 19.2 Å². The Morgan fingerprint density at radius 3 is 2.81 bits per heavy atom. The van der Waals surface area contributed by atoms with E-state index in [1.807, 2.05) is 18.2 Å². The first-order valence-corrected chi connectivity index (χ1v) is 8.25. The van der Waals surface area contributed by atoms with Gasteiger partial charge < -0.3 is 9.73 Å². The lowest BCUT2D eigenvalue weighted by Gasteiger charge is -1.99. The second kappa shape index (κ2) is 7.84. The van der Waals surface area contributed by atoms with Crippen molar-refractivity contribution in [3.63, 3.8) is 0 Å². The van der Waals surface area contributed by atoms with Crippen LogP contribution in [0.4, 0.5) is 5.69 Å². The molecule has 1 amide bonds. The molecule has 1 N–H and O–H groups in total. The number of Topliss-reactive ketones (excluding diaryl/α,β-unsaturated/α-hetero) is 1. The lowest BCUT2D eigenvalue weighted by molar-refractivity contribution is -0.111. The quantitative estimate of drug-likeness (QED) is 0.525. The van der Waals surface area contributed by atoms with E-state index in [0.29, 0.717) is 28.8 Å². The maximum absolute atomic E-state index is 12.0. The molecule has 26 heavy (non-hydrogen) atoms. The van der Waals surface area contributed by atoms with Gasteiger partial charge in [0.2, 0.25) is 5.91 Å². The van der Waals surface area contributed by atoms with Gasteiger partial charge in [0, 0.05) is 24.2 Å². The minimum Gasteiger partial charge on any atom is -0.456 e. The summed E-state index contributed by atoms with van der Waals surface area (Å²) < 4.78 is 7.02. The maximum Gasteiger partial charge on any atom is 0.248 e. The molecule has 2 heterocycles. The van der Waals surface area contributed by atoms with Crippen molar-refractivity contribution >= 4 is 35.1 Å². The van der Waals surface area contributed by atoms with Gasteiger partial charge in [-0.05, 0) is 29.8 Å². The molecule has 3 rings (SSSR count). The molecule has 7 heteroatoms. The Morgan fingerprint density at radius 1 is 1.27 bits per heavy atom. The van der Waals surface area contributed by atoms with Gasteiger partial charge in [0.25, 0.3) is 0 Å². The molecule has 0 unspecified atom stereocenters. The fraction of sp³-hybridized carbons (Fsp3) is 0.105. The van der Waals surface area contributed by atoms with Gasteiger partial charge in [0.05, 0.1) is 18.4 Å². The molecule has 0 radical (unpaired) electrons. The number of furan rings is 1. The highest BCUT2D eigenvalue weighted by molar-refractivity contribution is 6.32. The zero-order valence-electron chi connectivity index (χ0n) is 14.0. The van der Waals surface area contributed by atoms with Crippen LogP contribution >= 0.6 is 11.6 Å². The number of rotatable bonds is 6. The van der Waals surface area contributed by atoms with E-state index < -0.39 is 0 Å². The molecule has 0 aliphatic rings. The maximum atomic E-state index is 12.0. The molecule has 0 aliphatic heterocycles. The third-order valence-corrected chi connectivity index (χ3v) is 3.89. The summed E-state index contributed by atoms with van der Waals surface area (Å²) in [6.45, 7) is 1.80. The van der Waals surface area contributed by atoms with E-state index >= 15 is 0 Å². The highest BCUT2D eigenvalue weighted by atomic mass is 35.5. The van der Waals surface area contributed by atoms with Crippen LogP contribution in [0.1, 0.15) is 28.8 Å². The molecule has 0 fully saturated rings. The highest BCUT2D eigenvalue weighted by Gasteiger charge is 2.08. The van der Waals surface area contributed by atoms with Crippen LogP contribution in [-0.2, 0) is 11.3 Å². The summed E-state index contributed by atoms with van der Waals surface area (Å²) in [6, 6.07) is 10.6. The molecule has 0 atom stereocenters. The number of ketones is 1. The van der Waals surface area contributed by atoms with E-state index in [9.17, 15) is 9.59 Å². The summed E-state index contributed by atoms with van der Waals surface area (Å²) in [4.78, 5) is 23.3. The normalized spacial score (nSPS) is 11.0. The van der Waals surface area contributed by atoms with E-state index in [-0.39, 0.29) is 11.7 Å². The van der Waals surface area contributed by atoms with Crippen LogP contribution in [0.3, 0.4) is 0 Å². The predicted octanol–water partition coefficient (Wildman–Crippen LogP) is 4.03. The van der Waals surface area contributed by atoms with Crippen LogP contribution in [-0.4, -0.2) is 21.5 Å². The minimum absolute atomic E-state index is 0.130. The third-order valence-electron chi connectivity index (χ3n) is 3.55. The Hall–Kier alpha value is -3.12. The molecule has 0 saturated carbocycles. The molecule has 132 valence electrons. The van der Waals surface area contributed by atoms with Crippen molar-refractivity contribution in [2.24, 2.45) is 0 Å². The average molecular weight is 370 g/mol. The Balaban J connectivity index is 1.60. The molecule has 6 nitrogen and oxygen atoms in total. The Kier molecular flexibility index (Phi) is 5.34. The molecule has 3 aromatic rings. The van der Waals surface area contributed by atoms with Crippen LogP contribution in [0.2, 0.25) is 5.02 Å². The second-order valence-corrected chi connectivity index (χ2v) is 6.00. The smallest absolute Gasteiger partial charge is 0.248 e. The van der Waals surface area contributed by atoms with Crippen LogP contribution in [0, 0.1) is 0 Å². The van der Waals surface area contributed by atoms with Gasteiger partial charge in [-0.1, -0.05) is 29.8 Å². The largest absolute Gasteiger partial charge is 0.456 e. The Labute approximate surface area is 155 Å². The lowest BCUT2D eigenvalue weighted by Crippen LogP contribution is -2.07. The fourth-order valence-corrected chi connectivity index (χ4v) is 2.48. The van der Waals surface area contributed by atoms with Crippen LogP contribution in [0.25, 0.3) is 6.08 Å². The van der Waals surface area contributed by atoms with Crippen molar-refractivity contribution in [2.45, 2.75) is 13.5 Å². The Morgan fingerprint density at radius 2 is 2.08 bits per heavy atom. The monoisotopic (exact) mass is 369 g/mol. The first kappa shape index (κ1) is 17.7. The SMILES string of the molecule is CC(=O)c1ccc(Cn2cc(NC(=O)/C=C\c3ccccc3Cl)cn2)o1. The predicted molar refractivity (Wildman–Crippen MR) is 99.2 cm³/mol. The number of carbonyl (C=O) groups is 2. The minimum atomic E-state index is -0.290. The van der Waals surface area contributed by atoms with Gasteiger partial charge in [-0.3, -0.25) is 14.3 Å². The molecule has 0 aliphatic carbocycles. The number of aromatic nitrogens is 2. The molecule has 0 bridgehead atoms. The number of hydrogen-bond donors (Lipinski definition) is 1. The second-order valence-electron chi connectivity index (χ2n) is 5.59. The highest BCUT2D eigenvalue weighted by Crippen LogP contribution is 2.16. The number of amides is 1. The fourth-order valence-electron chi connectivity index (χ4n) is 2.29. The van der Waals surface area contributed by atoms with Gasteiger partial charge in [0.15, 0.2) is 11.5 Å². The number of halogens is 1. The first-order chi connectivity index (χ1) is 12.5. The zero-order chi connectivity index (χ0) is 18.5. The van der Waals surface area contributed by atoms with Gasteiger partial charge in [-0.15, -0.1) is 0 Å². The first-order valence-electron chi connectivity index (χ1n) is 7.87. The Bertz CT molecular complexity index is 972. The van der Waals surface area contributed by atoms with E-state index in [4.69, 9.17) is 16.0 Å². The molecule has 0 saturated heterocycles. The van der Waals surface area contributed by atoms with Crippen molar-refractivity contribution in [3.8, 4) is 0 Å². The number of carbonyl (C=O) groups excluding carboxylic acids is 2. The number of benzene rings is 1. The summed E-state index contributed by atoms with van der Waals surface area (Å²) in [7, 11) is 0. The van der Waals surface area contributed by atoms with Crippen LogP contribution in [0.15, 0.2) is 59.3 Å². The van der Waals surface area contributed by atoms with Crippen LogP contribution < -0.4 is 5.32 Å². The van der Waals surface area contributed by atoms with E-state index in [0.717, 1.165) is 5.56 Å². The average Bonchev–Trinajstić information content (AvgIpc) is 3.24. The standard InChI is InChI=1S/C19H16ClN3O3/c1-13(24)18-8-7-16(26-18)12-23-11-15(10-21-23)22-19(25)9-6-14-4-2-3-5-17(14)20/h2-11H,12H2,1H3,(H,22,25)/b9-6-. The summed E-state index contributed by atoms with van der Waals surface area (Å²) in [5.41, 5.74) is 1.32. The molecular formula is C19H16ClN3O3. The summed E-state index contributed by atoms with van der Waals surface area (Å²) in [5.74, 6) is 0.497. The van der Waals surface area contributed by atoms with Crippen LogP contribution in [0.5, 0.6) is 0 Å². The van der Waals surface area contributed by atoms with Crippen molar-refractivity contribution in [2.75, 3.05) is 5.32 Å². The summed E-state index contributed by atoms with van der Waals surface area (Å²) >= 11 is 6.04. The number of nitrogens with one attached hydrogen (secondary N) is 1. The number of nitrogens with zero attached hydrogens (tertiary/aromatic N) is 2. The number of anilines is 1. The van der Waals surface area contributed by atoms with Crippen molar-refractivity contribution < 1.29 is 14.0 Å². The van der Waals surface area contributed by atoms with E-state index in [1.54, 1.807) is 35.2 Å². The molecular weight excluding hydrogens is 354 g/mol. The van der Waals surface area contributed by atoms with Gasteiger partial charge in [-0.25, -0.2) is 0 Å². The number of hydrogen-bond acceptors (Lipinski definition) is 4. The zero-order valence-corrected chi connectivity index (χ0v) is 14.7. The topological polar surface area (TPSA) is 77.1 Å². The van der Waals surface area contributed by atoms with Crippen molar-refractivity contribution in [1.29, 1.82) is 0 Å². The molecule has 1 aromatic carbocycles. The summed E-state index contributed by atoms with van der Waals surface area (Å²) in [5, 5.41) is 7.46. The van der Waals surface area contributed by atoms with E-state index in [2.05, 4.69) is 10.4 Å². The van der Waals surface area contributed by atoms with Crippen molar-refractivity contribution in [3.05, 3.63) is 77.0 Å². The van der Waals surface area contributed by atoms with Gasteiger partial charge in [0.1, 0.15) is 5.76 Å². The third kappa shape index (κ3) is 4.49. The molecule has 0 spiro atoms. The molecule has 2 aromatic heterocycles. The lowest BCUT2D eigenvalue weighted by atomic mass is 10.2. The van der Waals surface area contributed by atoms with Crippen molar-refractivity contribution in [1.82, 2.24) is 9.78 Å².